The van der Waals surface area contributed by atoms with Gasteiger partial charge < -0.3 is 14.5 Å². The third kappa shape index (κ3) is 3.54. The number of thiazole rings is 1. The lowest BCUT2D eigenvalue weighted by atomic mass is 9.68. The van der Waals surface area contributed by atoms with E-state index in [0.29, 0.717) is 17.9 Å². The molecule has 2 aliphatic heterocycles. The first kappa shape index (κ1) is 25.7. The maximum Gasteiger partial charge on any atom is 0.416 e. The summed E-state index contributed by atoms with van der Waals surface area (Å²) in [4.78, 5) is 44.6. The highest BCUT2D eigenvalue weighted by atomic mass is 32.2. The number of aromatic amines is 1. The third-order valence-electron chi connectivity index (χ3n) is 8.92. The quantitative estimate of drug-likeness (QED) is 0.424. The number of methoxy groups -OCH3 is 2. The van der Waals surface area contributed by atoms with Crippen molar-refractivity contribution in [2.45, 2.75) is 28.8 Å². The van der Waals surface area contributed by atoms with E-state index in [1.165, 1.54) is 12.1 Å². The smallest absolute Gasteiger partial charge is 0.416 e. The Bertz CT molecular complexity index is 1620. The fourth-order valence-corrected chi connectivity index (χ4v) is 10.4. The molecule has 2 aliphatic carbocycles. The standard InChI is InChI=1S/C28H23F3N2O5S2/c1-37-16-7-6-11(8-17(16)38-2)18-19-14-10-15(22(19)39-24-23(18)40-27(36)32-24)21-20(14)25(34)33(26(21)35)13-5-3-4-12(9-13)28(29,30)31/h3-9,14-15,18-22H,10H2,1-2H3,(H,32,36)/t14?,15?,18-,19?,20?,21?,22?/m1/s1. The van der Waals surface area contributed by atoms with Crippen LogP contribution < -0.4 is 19.2 Å². The van der Waals surface area contributed by atoms with Crippen LogP contribution in [-0.2, 0) is 15.8 Å². The maximum atomic E-state index is 13.8. The molecule has 7 nitrogen and oxygen atoms in total. The molecule has 2 bridgehead atoms. The number of amides is 2. The van der Waals surface area contributed by atoms with Crippen LogP contribution in [0.2, 0.25) is 0 Å². The van der Waals surface area contributed by atoms with Gasteiger partial charge >= 0.3 is 11.0 Å². The second-order valence-electron chi connectivity index (χ2n) is 10.6. The number of nitrogens with one attached hydrogen (secondary N) is 1. The number of hydrogen-bond donors (Lipinski definition) is 1. The van der Waals surface area contributed by atoms with Crippen LogP contribution in [0, 0.1) is 29.6 Å². The van der Waals surface area contributed by atoms with Crippen molar-refractivity contribution in [3.05, 3.63) is 68.1 Å². The number of nitrogens with zero attached hydrogens (tertiary/aromatic N) is 1. The van der Waals surface area contributed by atoms with E-state index >= 15 is 0 Å². The first-order valence-corrected chi connectivity index (χ1v) is 14.5. The summed E-state index contributed by atoms with van der Waals surface area (Å²) in [6, 6.07) is 10.0. The highest BCUT2D eigenvalue weighted by Crippen LogP contribution is 2.68. The van der Waals surface area contributed by atoms with E-state index in [-0.39, 0.29) is 39.5 Å². The Morgan fingerprint density at radius 1 is 0.950 bits per heavy atom. The summed E-state index contributed by atoms with van der Waals surface area (Å²) in [6.07, 6.45) is -3.92. The number of benzene rings is 2. The van der Waals surface area contributed by atoms with Crippen LogP contribution in [0.25, 0.3) is 0 Å². The van der Waals surface area contributed by atoms with Crippen LogP contribution in [0.5, 0.6) is 11.5 Å². The molecule has 12 heteroatoms. The van der Waals surface area contributed by atoms with E-state index in [2.05, 4.69) is 4.98 Å². The van der Waals surface area contributed by atoms with E-state index in [4.69, 9.17) is 9.47 Å². The summed E-state index contributed by atoms with van der Waals surface area (Å²) in [5.74, 6) is -1.55. The topological polar surface area (TPSA) is 88.7 Å². The first-order valence-electron chi connectivity index (χ1n) is 12.8. The van der Waals surface area contributed by atoms with E-state index in [1.54, 1.807) is 26.0 Å². The van der Waals surface area contributed by atoms with Crippen LogP contribution in [0.3, 0.4) is 0 Å². The van der Waals surface area contributed by atoms with Gasteiger partial charge in [-0.15, -0.1) is 11.8 Å². The average molecular weight is 589 g/mol. The zero-order valence-electron chi connectivity index (χ0n) is 21.2. The number of imide groups is 1. The van der Waals surface area contributed by atoms with Gasteiger partial charge in [-0.05, 0) is 60.1 Å². The highest BCUT2D eigenvalue weighted by Gasteiger charge is 2.69. The molecule has 40 heavy (non-hydrogen) atoms. The van der Waals surface area contributed by atoms with E-state index in [9.17, 15) is 27.6 Å². The van der Waals surface area contributed by atoms with Gasteiger partial charge in [0.2, 0.25) is 11.8 Å². The summed E-state index contributed by atoms with van der Waals surface area (Å²) >= 11 is 2.70. The number of hydrogen-bond acceptors (Lipinski definition) is 7. The SMILES string of the molecule is COc1ccc([C@H]2c3sc(=O)[nH]c3SC3C4CC(C5C(=O)N(c6cccc(C(F)(F)F)c6)C(=O)C45)C32)cc1OC. The Kier molecular flexibility index (Phi) is 5.70. The molecule has 0 spiro atoms. The molecule has 1 N–H and O–H groups in total. The number of rotatable bonds is 4. The number of carbonyl (C=O) groups is 2. The van der Waals surface area contributed by atoms with Crippen molar-refractivity contribution in [3.8, 4) is 11.5 Å². The van der Waals surface area contributed by atoms with Crippen LogP contribution in [-0.4, -0.2) is 36.3 Å². The summed E-state index contributed by atoms with van der Waals surface area (Å²) in [5.41, 5.74) is -0.0362. The molecule has 2 saturated carbocycles. The number of fused-ring (bicyclic) bond motifs is 9. The molecule has 1 saturated heterocycles. The fraction of sp³-hybridized carbons (Fsp3) is 0.393. The molecule has 3 heterocycles. The van der Waals surface area contributed by atoms with Crippen LogP contribution >= 0.6 is 23.1 Å². The number of aromatic nitrogens is 1. The zero-order valence-corrected chi connectivity index (χ0v) is 22.9. The molecule has 7 rings (SSSR count). The molecule has 1 aromatic heterocycles. The molecule has 7 atom stereocenters. The Labute approximate surface area is 234 Å². The minimum Gasteiger partial charge on any atom is -0.493 e. The second-order valence-corrected chi connectivity index (χ2v) is 12.8. The van der Waals surface area contributed by atoms with Crippen LogP contribution in [0.1, 0.15) is 28.3 Å². The third-order valence-corrected chi connectivity index (χ3v) is 11.5. The van der Waals surface area contributed by atoms with Crippen molar-refractivity contribution in [2.24, 2.45) is 29.6 Å². The van der Waals surface area contributed by atoms with Crippen molar-refractivity contribution in [2.75, 3.05) is 19.1 Å². The van der Waals surface area contributed by atoms with Crippen molar-refractivity contribution >= 4 is 40.6 Å². The lowest BCUT2D eigenvalue weighted by Gasteiger charge is -2.43. The van der Waals surface area contributed by atoms with Gasteiger partial charge in [0.05, 0.1) is 42.3 Å². The Morgan fingerprint density at radius 2 is 1.68 bits per heavy atom. The molecule has 3 fully saturated rings. The number of halogens is 3. The number of anilines is 1. The van der Waals surface area contributed by atoms with Gasteiger partial charge in [-0.1, -0.05) is 23.5 Å². The van der Waals surface area contributed by atoms with E-state index < -0.39 is 35.4 Å². The number of H-pyrrole nitrogens is 1. The lowest BCUT2D eigenvalue weighted by Crippen LogP contribution is -2.42. The fourth-order valence-electron chi connectivity index (χ4n) is 7.51. The van der Waals surface area contributed by atoms with Gasteiger partial charge in [0.1, 0.15) is 0 Å². The van der Waals surface area contributed by atoms with Gasteiger partial charge in [-0.2, -0.15) is 13.2 Å². The van der Waals surface area contributed by atoms with Crippen LogP contribution in [0.4, 0.5) is 18.9 Å². The summed E-state index contributed by atoms with van der Waals surface area (Å²) < 4.78 is 51.2. The van der Waals surface area contributed by atoms with Crippen molar-refractivity contribution in [3.63, 3.8) is 0 Å². The molecule has 2 amide bonds. The Hall–Kier alpha value is -3.25. The number of carbonyl (C=O) groups excluding carboxylic acids is 2. The van der Waals surface area contributed by atoms with Crippen LogP contribution in [0.15, 0.2) is 52.3 Å². The highest BCUT2D eigenvalue weighted by molar-refractivity contribution is 8.00. The summed E-state index contributed by atoms with van der Waals surface area (Å²) in [6.45, 7) is 0. The van der Waals surface area contributed by atoms with Crippen molar-refractivity contribution < 1.29 is 32.2 Å². The van der Waals surface area contributed by atoms with Crippen molar-refractivity contribution in [1.82, 2.24) is 4.98 Å². The van der Waals surface area contributed by atoms with Gasteiger partial charge in [0, 0.05) is 16.0 Å². The van der Waals surface area contributed by atoms with Gasteiger partial charge in [0.25, 0.3) is 0 Å². The molecular weight excluding hydrogens is 565 g/mol. The maximum absolute atomic E-state index is 13.8. The number of thioether (sulfide) groups is 1. The molecule has 2 aromatic carbocycles. The predicted octanol–water partition coefficient (Wildman–Crippen LogP) is 5.15. The van der Waals surface area contributed by atoms with Crippen molar-refractivity contribution in [1.29, 1.82) is 0 Å². The van der Waals surface area contributed by atoms with E-state index in [1.807, 2.05) is 18.2 Å². The number of ether oxygens (including phenoxy) is 2. The lowest BCUT2D eigenvalue weighted by molar-refractivity contribution is -0.137. The monoisotopic (exact) mass is 588 g/mol. The molecular formula is C28H23F3N2O5S2. The van der Waals surface area contributed by atoms with Gasteiger partial charge in [0.15, 0.2) is 11.5 Å². The summed E-state index contributed by atoms with van der Waals surface area (Å²) in [5, 5.41) is 0.729. The minimum absolute atomic E-state index is 0.0414. The average Bonchev–Trinajstić information content (AvgIpc) is 3.66. The molecule has 3 aromatic rings. The first-order chi connectivity index (χ1) is 19.1. The molecule has 6 unspecified atom stereocenters. The second kappa shape index (κ2) is 8.87. The minimum atomic E-state index is -4.59. The molecule has 0 radical (unpaired) electrons. The zero-order chi connectivity index (χ0) is 28.1. The Morgan fingerprint density at radius 3 is 2.38 bits per heavy atom. The number of alkyl halides is 3. The van der Waals surface area contributed by atoms with Gasteiger partial charge in [-0.25, -0.2) is 0 Å². The largest absolute Gasteiger partial charge is 0.493 e. The summed E-state index contributed by atoms with van der Waals surface area (Å²) in [7, 11) is 3.10. The Balaban J connectivity index is 1.30. The normalized spacial score (nSPS) is 30.3. The molecule has 208 valence electrons. The molecule has 4 aliphatic rings. The van der Waals surface area contributed by atoms with E-state index in [0.717, 1.165) is 43.8 Å². The predicted molar refractivity (Wildman–Crippen MR) is 142 cm³/mol. The van der Waals surface area contributed by atoms with Gasteiger partial charge in [-0.3, -0.25) is 19.3 Å².